The van der Waals surface area contributed by atoms with Crippen LogP contribution in [0.1, 0.15) is 18.1 Å². The number of halogens is 3. The van der Waals surface area contributed by atoms with Gasteiger partial charge in [0.15, 0.2) is 5.84 Å². The summed E-state index contributed by atoms with van der Waals surface area (Å²) in [5, 5.41) is 5.92. The molecule has 0 saturated heterocycles. The molecule has 0 radical (unpaired) electrons. The normalized spacial score (nSPS) is 12.7. The highest BCUT2D eigenvalue weighted by Gasteiger charge is 2.34. The second-order valence-corrected chi connectivity index (χ2v) is 6.53. The van der Waals surface area contributed by atoms with E-state index in [4.69, 9.17) is 15.3 Å². The van der Waals surface area contributed by atoms with E-state index in [2.05, 4.69) is 15.5 Å². The van der Waals surface area contributed by atoms with Gasteiger partial charge in [-0.15, -0.1) is 0 Å². The van der Waals surface area contributed by atoms with Gasteiger partial charge in [-0.25, -0.2) is 4.98 Å². The number of nitrogens with two attached hydrogens (primary N) is 1. The summed E-state index contributed by atoms with van der Waals surface area (Å²) in [7, 11) is 0. The minimum absolute atomic E-state index is 0.126. The van der Waals surface area contributed by atoms with E-state index in [0.717, 1.165) is 12.1 Å². The van der Waals surface area contributed by atoms with Gasteiger partial charge in [-0.3, -0.25) is 4.79 Å². The monoisotopic (exact) mass is 444 g/mol. The van der Waals surface area contributed by atoms with Gasteiger partial charge in [0.25, 0.3) is 5.91 Å². The van der Waals surface area contributed by atoms with Gasteiger partial charge in [0.2, 0.25) is 12.0 Å². The lowest BCUT2D eigenvalue weighted by Crippen LogP contribution is -2.28. The summed E-state index contributed by atoms with van der Waals surface area (Å²) in [6, 6.07) is 16.7. The largest absolute Gasteiger partial charge is 0.438 e. The minimum Gasteiger partial charge on any atom is -0.438 e. The number of para-hydroxylation sites is 2. The first kappa shape index (κ1) is 22.6. The van der Waals surface area contributed by atoms with E-state index in [1.165, 1.54) is 25.3 Å². The fourth-order valence-corrected chi connectivity index (χ4v) is 2.57. The van der Waals surface area contributed by atoms with Crippen molar-refractivity contribution in [2.45, 2.75) is 19.2 Å². The molecular formula is C22H19F3N4O3. The smallest absolute Gasteiger partial charge is 0.418 e. The van der Waals surface area contributed by atoms with Gasteiger partial charge >= 0.3 is 6.18 Å². The Bertz CT molecular complexity index is 1100. The lowest BCUT2D eigenvalue weighted by molar-refractivity contribution is -0.137. The molecule has 1 aromatic heterocycles. The molecule has 0 aliphatic heterocycles. The number of carbonyl (C=O) groups excluding carboxylic acids is 1. The van der Waals surface area contributed by atoms with Crippen molar-refractivity contribution in [2.24, 2.45) is 10.9 Å². The maximum absolute atomic E-state index is 13.1. The molecule has 0 spiro atoms. The van der Waals surface area contributed by atoms with E-state index in [1.807, 2.05) is 6.07 Å². The van der Waals surface area contributed by atoms with Crippen LogP contribution in [-0.2, 0) is 15.8 Å². The second-order valence-electron chi connectivity index (χ2n) is 6.53. The van der Waals surface area contributed by atoms with Gasteiger partial charge in [-0.2, -0.15) is 13.2 Å². The molecule has 0 bridgehead atoms. The summed E-state index contributed by atoms with van der Waals surface area (Å²) >= 11 is 0. The molecular weight excluding hydrogens is 425 g/mol. The number of hydrogen-bond acceptors (Lipinski definition) is 5. The van der Waals surface area contributed by atoms with Crippen molar-refractivity contribution in [1.29, 1.82) is 0 Å². The topological polar surface area (TPSA) is 98.8 Å². The Morgan fingerprint density at radius 1 is 1.06 bits per heavy atom. The Morgan fingerprint density at radius 3 is 2.47 bits per heavy atom. The van der Waals surface area contributed by atoms with Crippen molar-refractivity contribution in [3.8, 4) is 11.6 Å². The van der Waals surface area contributed by atoms with Gasteiger partial charge in [0, 0.05) is 6.20 Å². The molecule has 1 atom stereocenters. The third kappa shape index (κ3) is 5.75. The standard InChI is InChI=1S/C22H19F3N4O3/c1-14(20(30)28-18-12-6-5-11-17(18)22(23,24)25)32-29-19(26)16-10-7-13-27-21(16)31-15-8-3-2-4-9-15/h2-14H,1H3,(H2,26,29)(H,28,30). The number of amides is 1. The van der Waals surface area contributed by atoms with Crippen molar-refractivity contribution >= 4 is 17.4 Å². The number of pyridine rings is 1. The van der Waals surface area contributed by atoms with Gasteiger partial charge in [0.1, 0.15) is 5.75 Å². The van der Waals surface area contributed by atoms with E-state index >= 15 is 0 Å². The summed E-state index contributed by atoms with van der Waals surface area (Å²) in [6.45, 7) is 1.33. The molecule has 0 fully saturated rings. The van der Waals surface area contributed by atoms with E-state index in [0.29, 0.717) is 11.3 Å². The van der Waals surface area contributed by atoms with E-state index in [9.17, 15) is 18.0 Å². The Hall–Kier alpha value is -4.08. The predicted molar refractivity (Wildman–Crippen MR) is 112 cm³/mol. The molecule has 0 aliphatic carbocycles. The fourth-order valence-electron chi connectivity index (χ4n) is 2.57. The molecule has 2 aromatic carbocycles. The van der Waals surface area contributed by atoms with Gasteiger partial charge in [0.05, 0.1) is 16.8 Å². The summed E-state index contributed by atoms with van der Waals surface area (Å²) in [5.41, 5.74) is 4.91. The molecule has 10 heteroatoms. The van der Waals surface area contributed by atoms with Crippen molar-refractivity contribution in [3.05, 3.63) is 84.1 Å². The van der Waals surface area contributed by atoms with E-state index in [-0.39, 0.29) is 17.4 Å². The molecule has 0 aliphatic rings. The number of oxime groups is 1. The third-order valence-electron chi connectivity index (χ3n) is 4.17. The Balaban J connectivity index is 1.70. The average molecular weight is 444 g/mol. The Kier molecular flexibility index (Phi) is 6.93. The van der Waals surface area contributed by atoms with Crippen LogP contribution in [0.15, 0.2) is 78.1 Å². The number of nitrogens with zero attached hydrogens (tertiary/aromatic N) is 2. The minimum atomic E-state index is -4.62. The number of benzene rings is 2. The molecule has 3 aromatic rings. The molecule has 166 valence electrons. The highest BCUT2D eigenvalue weighted by Crippen LogP contribution is 2.34. The van der Waals surface area contributed by atoms with Crippen LogP contribution in [-0.4, -0.2) is 22.8 Å². The van der Waals surface area contributed by atoms with Crippen LogP contribution >= 0.6 is 0 Å². The van der Waals surface area contributed by atoms with Gasteiger partial charge in [-0.1, -0.05) is 35.5 Å². The molecule has 1 amide bonds. The number of ether oxygens (including phenoxy) is 1. The van der Waals surface area contributed by atoms with Gasteiger partial charge < -0.3 is 20.6 Å². The molecule has 1 heterocycles. The molecule has 3 N–H and O–H groups in total. The first-order valence-electron chi connectivity index (χ1n) is 9.40. The second kappa shape index (κ2) is 9.82. The number of aromatic nitrogens is 1. The first-order chi connectivity index (χ1) is 15.3. The molecule has 3 rings (SSSR count). The van der Waals surface area contributed by atoms with Crippen LogP contribution in [0.4, 0.5) is 18.9 Å². The highest BCUT2D eigenvalue weighted by atomic mass is 19.4. The quantitative estimate of drug-likeness (QED) is 0.316. The van der Waals surface area contributed by atoms with Crippen LogP contribution in [0.25, 0.3) is 0 Å². The van der Waals surface area contributed by atoms with Crippen LogP contribution in [0.3, 0.4) is 0 Å². The van der Waals surface area contributed by atoms with E-state index in [1.54, 1.807) is 36.4 Å². The lowest BCUT2D eigenvalue weighted by atomic mass is 10.1. The van der Waals surface area contributed by atoms with Crippen molar-refractivity contribution in [1.82, 2.24) is 4.98 Å². The zero-order chi connectivity index (χ0) is 23.1. The number of carbonyl (C=O) groups is 1. The zero-order valence-electron chi connectivity index (χ0n) is 16.8. The number of alkyl halides is 3. The maximum Gasteiger partial charge on any atom is 0.418 e. The SMILES string of the molecule is CC(ON=C(N)c1cccnc1Oc1ccccc1)C(=O)Nc1ccccc1C(F)(F)F. The third-order valence-corrected chi connectivity index (χ3v) is 4.17. The van der Waals surface area contributed by atoms with Crippen molar-refractivity contribution < 1.29 is 27.5 Å². The molecule has 7 nitrogen and oxygen atoms in total. The van der Waals surface area contributed by atoms with Crippen LogP contribution in [0.2, 0.25) is 0 Å². The molecule has 1 unspecified atom stereocenters. The summed E-state index contributed by atoms with van der Waals surface area (Å²) in [5.74, 6) is -0.262. The molecule has 32 heavy (non-hydrogen) atoms. The predicted octanol–water partition coefficient (Wildman–Crippen LogP) is 4.56. The number of hydrogen-bond donors (Lipinski definition) is 2. The van der Waals surface area contributed by atoms with Crippen LogP contribution in [0, 0.1) is 0 Å². The number of amidine groups is 1. The average Bonchev–Trinajstić information content (AvgIpc) is 2.78. The number of rotatable bonds is 7. The van der Waals surface area contributed by atoms with Gasteiger partial charge in [-0.05, 0) is 43.3 Å². The number of anilines is 1. The molecule has 0 saturated carbocycles. The summed E-state index contributed by atoms with van der Waals surface area (Å²) in [4.78, 5) is 21.5. The van der Waals surface area contributed by atoms with Crippen LogP contribution < -0.4 is 15.8 Å². The summed E-state index contributed by atoms with van der Waals surface area (Å²) < 4.78 is 45.0. The fraction of sp³-hybridized carbons (Fsp3) is 0.136. The Morgan fingerprint density at radius 2 is 1.75 bits per heavy atom. The highest BCUT2D eigenvalue weighted by molar-refractivity contribution is 5.99. The lowest BCUT2D eigenvalue weighted by Gasteiger charge is -2.15. The number of nitrogens with one attached hydrogen (secondary N) is 1. The first-order valence-corrected chi connectivity index (χ1v) is 9.40. The maximum atomic E-state index is 13.1. The zero-order valence-corrected chi connectivity index (χ0v) is 16.8. The summed E-state index contributed by atoms with van der Waals surface area (Å²) in [6.07, 6.45) is -4.35. The Labute approximate surface area is 181 Å². The van der Waals surface area contributed by atoms with E-state index < -0.39 is 23.8 Å². The van der Waals surface area contributed by atoms with Crippen LogP contribution in [0.5, 0.6) is 11.6 Å². The van der Waals surface area contributed by atoms with Crippen molar-refractivity contribution in [2.75, 3.05) is 5.32 Å². The van der Waals surface area contributed by atoms with Crippen molar-refractivity contribution in [3.63, 3.8) is 0 Å².